The zero-order chi connectivity index (χ0) is 31.9. The van der Waals surface area contributed by atoms with Crippen LogP contribution in [0, 0.1) is 23.7 Å². The molecule has 9 rings (SSSR count). The van der Waals surface area contributed by atoms with Crippen LogP contribution in [-0.4, -0.2) is 0 Å². The fraction of sp³-hybridized carbons (Fsp3) is 0.191. The highest BCUT2D eigenvalue weighted by atomic mass is 15.1. The Kier molecular flexibility index (Phi) is 7.35. The Hall–Kier alpha value is -5.14. The number of rotatable bonds is 6. The van der Waals surface area contributed by atoms with Crippen LogP contribution in [0.25, 0.3) is 21.9 Å². The van der Waals surface area contributed by atoms with E-state index in [0.29, 0.717) is 11.8 Å². The molecule has 0 spiro atoms. The van der Waals surface area contributed by atoms with Gasteiger partial charge >= 0.3 is 0 Å². The van der Waals surface area contributed by atoms with Gasteiger partial charge in [0.1, 0.15) is 0 Å². The summed E-state index contributed by atoms with van der Waals surface area (Å²) in [7, 11) is 0. The van der Waals surface area contributed by atoms with Gasteiger partial charge < -0.3 is 4.90 Å². The summed E-state index contributed by atoms with van der Waals surface area (Å²) < 4.78 is 0. The van der Waals surface area contributed by atoms with Crippen LogP contribution in [0.15, 0.2) is 176 Å². The molecule has 1 heteroatoms. The van der Waals surface area contributed by atoms with Gasteiger partial charge in [-0.25, -0.2) is 0 Å². The van der Waals surface area contributed by atoms with Gasteiger partial charge in [-0.3, -0.25) is 0 Å². The van der Waals surface area contributed by atoms with E-state index in [1.807, 2.05) is 0 Å². The lowest BCUT2D eigenvalue weighted by molar-refractivity contribution is 0.276. The summed E-state index contributed by atoms with van der Waals surface area (Å²) in [5.74, 6) is 2.53. The molecule has 1 saturated carbocycles. The third kappa shape index (κ3) is 4.67. The van der Waals surface area contributed by atoms with Gasteiger partial charge in [0.25, 0.3) is 0 Å². The first-order valence-electron chi connectivity index (χ1n) is 17.7. The van der Waals surface area contributed by atoms with Gasteiger partial charge in [-0.05, 0) is 107 Å². The normalized spacial score (nSPS) is 24.2. The average Bonchev–Trinajstić information content (AvgIpc) is 3.47. The largest absolute Gasteiger partial charge is 0.310 e. The van der Waals surface area contributed by atoms with E-state index in [4.69, 9.17) is 0 Å². The van der Waals surface area contributed by atoms with Crippen molar-refractivity contribution in [3.05, 3.63) is 187 Å². The van der Waals surface area contributed by atoms with Gasteiger partial charge in [0.05, 0.1) is 5.69 Å². The van der Waals surface area contributed by atoms with Gasteiger partial charge in [0.2, 0.25) is 0 Å². The van der Waals surface area contributed by atoms with E-state index in [1.165, 1.54) is 64.4 Å². The summed E-state index contributed by atoms with van der Waals surface area (Å²) in [6, 6.07) is 56.1. The van der Waals surface area contributed by atoms with Crippen LogP contribution in [0.2, 0.25) is 0 Å². The third-order valence-corrected chi connectivity index (χ3v) is 11.6. The number of benzene rings is 6. The van der Waals surface area contributed by atoms with Gasteiger partial charge in [0, 0.05) is 22.2 Å². The third-order valence-electron chi connectivity index (χ3n) is 11.6. The molecule has 1 fully saturated rings. The minimum Gasteiger partial charge on any atom is -0.310 e. The summed E-state index contributed by atoms with van der Waals surface area (Å²) in [6.07, 6.45) is 15.2. The quantitative estimate of drug-likeness (QED) is 0.168. The molecule has 0 heterocycles. The Morgan fingerprint density at radius 2 is 0.979 bits per heavy atom. The molecular weight excluding hydrogens is 579 g/mol. The average molecular weight is 620 g/mol. The number of fused-ring (bicyclic) bond motifs is 4. The van der Waals surface area contributed by atoms with Crippen LogP contribution < -0.4 is 4.90 Å². The molecule has 0 aliphatic heterocycles. The summed E-state index contributed by atoms with van der Waals surface area (Å²) in [4.78, 5) is 2.38. The van der Waals surface area contributed by atoms with Crippen molar-refractivity contribution in [1.82, 2.24) is 0 Å². The number of hydrogen-bond acceptors (Lipinski definition) is 1. The predicted molar refractivity (Wildman–Crippen MR) is 202 cm³/mol. The van der Waals surface area contributed by atoms with Crippen LogP contribution in [0.3, 0.4) is 0 Å². The van der Waals surface area contributed by atoms with Gasteiger partial charge in [-0.15, -0.1) is 0 Å². The Morgan fingerprint density at radius 3 is 1.65 bits per heavy atom. The zero-order valence-corrected chi connectivity index (χ0v) is 27.3. The van der Waals surface area contributed by atoms with Gasteiger partial charge in [-0.1, -0.05) is 146 Å². The molecule has 6 aromatic rings. The molecule has 0 aromatic heterocycles. The molecule has 4 atom stereocenters. The Morgan fingerprint density at radius 1 is 0.458 bits per heavy atom. The summed E-state index contributed by atoms with van der Waals surface area (Å²) in [5, 5.41) is 2.49. The molecule has 3 aliphatic carbocycles. The SMILES string of the molecule is C1=CC2C(CC1)C1CCC=CC1C2(c1ccccc1)c1ccc(-c2ccc(N(c3ccccc3)c3cccc4ccccc34)cc2)cc1. The number of allylic oxidation sites excluding steroid dienone is 4. The monoisotopic (exact) mass is 619 g/mol. The van der Waals surface area contributed by atoms with Crippen LogP contribution >= 0.6 is 0 Å². The topological polar surface area (TPSA) is 3.24 Å². The second-order valence-electron chi connectivity index (χ2n) is 13.9. The van der Waals surface area contributed by atoms with Crippen molar-refractivity contribution < 1.29 is 0 Å². The highest BCUT2D eigenvalue weighted by molar-refractivity contribution is 5.98. The molecule has 48 heavy (non-hydrogen) atoms. The first-order valence-corrected chi connectivity index (χ1v) is 17.7. The lowest BCUT2D eigenvalue weighted by atomic mass is 9.60. The van der Waals surface area contributed by atoms with E-state index in [1.54, 1.807) is 0 Å². The molecule has 0 N–H and O–H groups in total. The van der Waals surface area contributed by atoms with E-state index in [0.717, 1.165) is 23.2 Å². The van der Waals surface area contributed by atoms with E-state index >= 15 is 0 Å². The molecule has 0 bridgehead atoms. The molecule has 4 unspecified atom stereocenters. The molecule has 6 aromatic carbocycles. The Balaban J connectivity index is 1.10. The fourth-order valence-electron chi connectivity index (χ4n) is 9.67. The zero-order valence-electron chi connectivity index (χ0n) is 27.3. The Labute approximate surface area is 284 Å². The number of nitrogens with zero attached hydrogens (tertiary/aromatic N) is 1. The number of para-hydroxylation sites is 1. The van der Waals surface area contributed by atoms with Crippen molar-refractivity contribution in [2.75, 3.05) is 4.90 Å². The van der Waals surface area contributed by atoms with Crippen molar-refractivity contribution in [2.45, 2.75) is 31.1 Å². The van der Waals surface area contributed by atoms with Crippen molar-refractivity contribution in [1.29, 1.82) is 0 Å². The standard InChI is InChI=1S/C47H41N/c1-3-16-37(17-4-1)47(44-23-11-9-21-42(44)43-22-10-12-24-45(43)47)38-30-26-34(27-31-38)35-28-32-40(33-29-35)48(39-18-5-2-6-19-39)46-25-13-15-36-14-7-8-20-41(36)46/h1-8,11-20,23-33,42-45H,9-10,21-22H2. The number of anilines is 3. The van der Waals surface area contributed by atoms with Crippen LogP contribution in [0.4, 0.5) is 17.1 Å². The maximum absolute atomic E-state index is 2.59. The molecule has 3 aliphatic rings. The number of hydrogen-bond donors (Lipinski definition) is 0. The maximum Gasteiger partial charge on any atom is 0.0540 e. The maximum atomic E-state index is 2.59. The fourth-order valence-corrected chi connectivity index (χ4v) is 9.67. The highest BCUT2D eigenvalue weighted by Crippen LogP contribution is 2.64. The van der Waals surface area contributed by atoms with Crippen molar-refractivity contribution >= 4 is 27.8 Å². The van der Waals surface area contributed by atoms with E-state index < -0.39 is 0 Å². The van der Waals surface area contributed by atoms with Crippen molar-refractivity contribution in [2.24, 2.45) is 23.7 Å². The van der Waals surface area contributed by atoms with E-state index in [2.05, 4.69) is 181 Å². The van der Waals surface area contributed by atoms with Crippen LogP contribution in [0.5, 0.6) is 0 Å². The van der Waals surface area contributed by atoms with Crippen LogP contribution in [0.1, 0.15) is 36.8 Å². The smallest absolute Gasteiger partial charge is 0.0540 e. The van der Waals surface area contributed by atoms with Crippen molar-refractivity contribution in [3.63, 3.8) is 0 Å². The molecular formula is C47H41N. The van der Waals surface area contributed by atoms with Crippen molar-refractivity contribution in [3.8, 4) is 11.1 Å². The Bertz CT molecular complexity index is 2060. The second-order valence-corrected chi connectivity index (χ2v) is 13.9. The lowest BCUT2D eigenvalue weighted by Crippen LogP contribution is -2.39. The summed E-state index contributed by atoms with van der Waals surface area (Å²) in [6.45, 7) is 0. The molecule has 0 saturated heterocycles. The predicted octanol–water partition coefficient (Wildman–Crippen LogP) is 12.4. The molecule has 0 amide bonds. The molecule has 234 valence electrons. The minimum atomic E-state index is -0.0402. The summed E-state index contributed by atoms with van der Waals surface area (Å²) >= 11 is 0. The minimum absolute atomic E-state index is 0.0402. The van der Waals surface area contributed by atoms with Gasteiger partial charge in [-0.2, -0.15) is 0 Å². The lowest BCUT2D eigenvalue weighted by Gasteiger charge is -2.42. The molecule has 1 nitrogen and oxygen atoms in total. The van der Waals surface area contributed by atoms with E-state index in [9.17, 15) is 0 Å². The first-order chi connectivity index (χ1) is 23.8. The molecule has 0 radical (unpaired) electrons. The first kappa shape index (κ1) is 29.0. The van der Waals surface area contributed by atoms with Gasteiger partial charge in [0.15, 0.2) is 0 Å². The second kappa shape index (κ2) is 12.1. The van der Waals surface area contributed by atoms with E-state index in [-0.39, 0.29) is 5.41 Å². The summed E-state index contributed by atoms with van der Waals surface area (Å²) in [5.41, 5.74) is 8.87. The highest BCUT2D eigenvalue weighted by Gasteiger charge is 2.59. The van der Waals surface area contributed by atoms with Crippen LogP contribution in [-0.2, 0) is 5.41 Å².